The maximum atomic E-state index is 9.90. The predicted molar refractivity (Wildman–Crippen MR) is 85.9 cm³/mol. The zero-order valence-corrected chi connectivity index (χ0v) is 13.7. The highest BCUT2D eigenvalue weighted by atomic mass is 16.5. The molecule has 0 aliphatic rings. The number of aliphatic hydroxyl groups excluding tert-OH is 1. The molecule has 21 heavy (non-hydrogen) atoms. The van der Waals surface area contributed by atoms with Crippen LogP contribution in [0.3, 0.4) is 0 Å². The first-order valence-electron chi connectivity index (χ1n) is 7.74. The number of rotatable bonds is 10. The molecule has 4 nitrogen and oxygen atoms in total. The lowest BCUT2D eigenvalue weighted by Crippen LogP contribution is -2.24. The molecule has 1 aromatic carbocycles. The largest absolute Gasteiger partial charge is 0.490 e. The highest BCUT2D eigenvalue weighted by Gasteiger charge is 2.12. The van der Waals surface area contributed by atoms with E-state index in [9.17, 15) is 5.11 Å². The molecule has 0 bridgehead atoms. The van der Waals surface area contributed by atoms with E-state index in [1.54, 1.807) is 0 Å². The SMILES string of the molecule is CCCCOCC(O)COc1cc(C)ccc1C(C)NC. The molecular formula is C17H29NO3. The van der Waals surface area contributed by atoms with Crippen molar-refractivity contribution in [2.24, 2.45) is 0 Å². The van der Waals surface area contributed by atoms with Gasteiger partial charge in [0.05, 0.1) is 6.61 Å². The molecule has 0 radical (unpaired) electrons. The number of hydrogen-bond acceptors (Lipinski definition) is 4. The molecule has 0 aromatic heterocycles. The first-order chi connectivity index (χ1) is 10.1. The Bertz CT molecular complexity index is 409. The van der Waals surface area contributed by atoms with Gasteiger partial charge in [0.15, 0.2) is 0 Å². The molecule has 2 N–H and O–H groups in total. The maximum absolute atomic E-state index is 9.90. The van der Waals surface area contributed by atoms with Gasteiger partial charge in [0, 0.05) is 18.2 Å². The summed E-state index contributed by atoms with van der Waals surface area (Å²) in [4.78, 5) is 0. The van der Waals surface area contributed by atoms with Gasteiger partial charge < -0.3 is 19.9 Å². The van der Waals surface area contributed by atoms with E-state index in [0.29, 0.717) is 13.2 Å². The topological polar surface area (TPSA) is 50.7 Å². The van der Waals surface area contributed by atoms with Crippen LogP contribution in [0.1, 0.15) is 43.9 Å². The second-order valence-corrected chi connectivity index (χ2v) is 5.44. The van der Waals surface area contributed by atoms with Crippen molar-refractivity contribution in [2.75, 3.05) is 26.9 Å². The minimum absolute atomic E-state index is 0.207. The van der Waals surface area contributed by atoms with Crippen molar-refractivity contribution in [3.05, 3.63) is 29.3 Å². The van der Waals surface area contributed by atoms with E-state index in [0.717, 1.165) is 29.7 Å². The van der Waals surface area contributed by atoms with Crippen molar-refractivity contribution in [1.29, 1.82) is 0 Å². The molecule has 1 aromatic rings. The maximum Gasteiger partial charge on any atom is 0.124 e. The standard InChI is InChI=1S/C17H29NO3/c1-5-6-9-20-11-15(19)12-21-17-10-13(2)7-8-16(17)14(3)18-4/h7-8,10,14-15,18-19H,5-6,9,11-12H2,1-4H3. The van der Waals surface area contributed by atoms with Gasteiger partial charge in [0.25, 0.3) is 0 Å². The van der Waals surface area contributed by atoms with E-state index < -0.39 is 6.10 Å². The van der Waals surface area contributed by atoms with E-state index in [1.807, 2.05) is 20.0 Å². The lowest BCUT2D eigenvalue weighted by atomic mass is 10.1. The molecule has 4 heteroatoms. The number of hydrogen-bond donors (Lipinski definition) is 2. The van der Waals surface area contributed by atoms with Crippen molar-refractivity contribution in [1.82, 2.24) is 5.32 Å². The Balaban J connectivity index is 2.51. The molecule has 0 heterocycles. The zero-order chi connectivity index (χ0) is 15.7. The fourth-order valence-corrected chi connectivity index (χ4v) is 1.98. The van der Waals surface area contributed by atoms with Crippen LogP contribution in [0.2, 0.25) is 0 Å². The van der Waals surface area contributed by atoms with E-state index in [-0.39, 0.29) is 12.6 Å². The van der Waals surface area contributed by atoms with Crippen molar-refractivity contribution in [3.8, 4) is 5.75 Å². The molecule has 2 atom stereocenters. The number of benzene rings is 1. The van der Waals surface area contributed by atoms with Crippen LogP contribution in [0, 0.1) is 6.92 Å². The molecule has 0 fully saturated rings. The molecule has 2 unspecified atom stereocenters. The summed E-state index contributed by atoms with van der Waals surface area (Å²) in [5, 5.41) is 13.1. The molecule has 0 aliphatic heterocycles. The zero-order valence-electron chi connectivity index (χ0n) is 13.7. The van der Waals surface area contributed by atoms with Gasteiger partial charge in [-0.25, -0.2) is 0 Å². The molecule has 120 valence electrons. The summed E-state index contributed by atoms with van der Waals surface area (Å²) in [5.41, 5.74) is 2.24. The van der Waals surface area contributed by atoms with Crippen molar-refractivity contribution >= 4 is 0 Å². The molecule has 0 spiro atoms. The molecule has 0 saturated heterocycles. The number of unbranched alkanes of at least 4 members (excludes halogenated alkanes) is 1. The lowest BCUT2D eigenvalue weighted by Gasteiger charge is -2.19. The fraction of sp³-hybridized carbons (Fsp3) is 0.647. The van der Waals surface area contributed by atoms with Crippen molar-refractivity contribution in [3.63, 3.8) is 0 Å². The minimum atomic E-state index is -0.597. The van der Waals surface area contributed by atoms with Crippen molar-refractivity contribution in [2.45, 2.75) is 45.8 Å². The molecule has 1 rings (SSSR count). The Morgan fingerprint density at radius 1 is 1.29 bits per heavy atom. The average molecular weight is 295 g/mol. The van der Waals surface area contributed by atoms with Gasteiger partial charge in [-0.3, -0.25) is 0 Å². The van der Waals surface area contributed by atoms with Crippen LogP contribution in [-0.2, 0) is 4.74 Å². The smallest absolute Gasteiger partial charge is 0.124 e. The first-order valence-corrected chi connectivity index (χ1v) is 7.74. The molecule has 0 amide bonds. The molecule has 0 saturated carbocycles. The Morgan fingerprint density at radius 2 is 2.05 bits per heavy atom. The van der Waals surface area contributed by atoms with E-state index in [4.69, 9.17) is 9.47 Å². The Kier molecular flexibility index (Phi) is 8.35. The van der Waals surface area contributed by atoms with Gasteiger partial charge >= 0.3 is 0 Å². The summed E-state index contributed by atoms with van der Waals surface area (Å²) in [6, 6.07) is 6.35. The van der Waals surface area contributed by atoms with Crippen LogP contribution >= 0.6 is 0 Å². The Morgan fingerprint density at radius 3 is 2.71 bits per heavy atom. The Labute approximate surface area is 128 Å². The summed E-state index contributed by atoms with van der Waals surface area (Å²) in [5.74, 6) is 0.824. The van der Waals surface area contributed by atoms with Crippen LogP contribution in [0.25, 0.3) is 0 Å². The van der Waals surface area contributed by atoms with Gasteiger partial charge in [0.1, 0.15) is 18.5 Å². The third-order valence-corrected chi connectivity index (χ3v) is 3.45. The van der Waals surface area contributed by atoms with Gasteiger partial charge in [-0.15, -0.1) is 0 Å². The third-order valence-electron chi connectivity index (χ3n) is 3.45. The summed E-state index contributed by atoms with van der Waals surface area (Å²) in [6.45, 7) is 7.50. The normalized spacial score (nSPS) is 14.0. The van der Waals surface area contributed by atoms with Crippen LogP contribution in [-0.4, -0.2) is 38.1 Å². The number of nitrogens with one attached hydrogen (secondary N) is 1. The monoisotopic (exact) mass is 295 g/mol. The van der Waals surface area contributed by atoms with Gasteiger partial charge in [-0.1, -0.05) is 25.5 Å². The quantitative estimate of drug-likeness (QED) is 0.652. The second kappa shape index (κ2) is 9.77. The summed E-state index contributed by atoms with van der Waals surface area (Å²) in [6.07, 6.45) is 1.52. The molecule has 0 aliphatic carbocycles. The fourth-order valence-electron chi connectivity index (χ4n) is 1.98. The van der Waals surface area contributed by atoms with Gasteiger partial charge in [-0.2, -0.15) is 0 Å². The van der Waals surface area contributed by atoms with Gasteiger partial charge in [0.2, 0.25) is 0 Å². The van der Waals surface area contributed by atoms with Crippen LogP contribution in [0.4, 0.5) is 0 Å². The number of aryl methyl sites for hydroxylation is 1. The van der Waals surface area contributed by atoms with E-state index >= 15 is 0 Å². The molecular weight excluding hydrogens is 266 g/mol. The number of aliphatic hydroxyl groups is 1. The lowest BCUT2D eigenvalue weighted by molar-refractivity contribution is 0.0110. The first kappa shape index (κ1) is 18.0. The summed E-state index contributed by atoms with van der Waals surface area (Å²) >= 11 is 0. The predicted octanol–water partition coefficient (Wildman–Crippen LogP) is 2.83. The summed E-state index contributed by atoms with van der Waals surface area (Å²) < 4.78 is 11.2. The highest BCUT2D eigenvalue weighted by Crippen LogP contribution is 2.26. The van der Waals surface area contributed by atoms with Crippen LogP contribution in [0.15, 0.2) is 18.2 Å². The third kappa shape index (κ3) is 6.46. The number of ether oxygens (including phenoxy) is 2. The minimum Gasteiger partial charge on any atom is -0.490 e. The van der Waals surface area contributed by atoms with E-state index in [1.165, 1.54) is 0 Å². The van der Waals surface area contributed by atoms with Crippen LogP contribution in [0.5, 0.6) is 5.75 Å². The Hall–Kier alpha value is -1.10. The van der Waals surface area contributed by atoms with Crippen molar-refractivity contribution < 1.29 is 14.6 Å². The average Bonchev–Trinajstić information content (AvgIpc) is 2.49. The summed E-state index contributed by atoms with van der Waals surface area (Å²) in [7, 11) is 1.92. The van der Waals surface area contributed by atoms with Crippen LogP contribution < -0.4 is 10.1 Å². The second-order valence-electron chi connectivity index (χ2n) is 5.44. The highest BCUT2D eigenvalue weighted by molar-refractivity contribution is 5.39. The van der Waals surface area contributed by atoms with Gasteiger partial charge in [-0.05, 0) is 38.9 Å². The van der Waals surface area contributed by atoms with E-state index in [2.05, 4.69) is 31.3 Å².